The number of aromatic nitrogens is 1. The first kappa shape index (κ1) is 14.6. The van der Waals surface area contributed by atoms with Crippen molar-refractivity contribution in [2.75, 3.05) is 19.7 Å². The first-order chi connectivity index (χ1) is 10.5. The number of carbonyl (C=O) groups excluding carboxylic acids is 1. The van der Waals surface area contributed by atoms with Gasteiger partial charge < -0.3 is 24.4 Å². The van der Waals surface area contributed by atoms with Gasteiger partial charge in [0, 0.05) is 32.4 Å². The highest BCUT2D eigenvalue weighted by Gasteiger charge is 2.32. The maximum absolute atomic E-state index is 12.5. The van der Waals surface area contributed by atoms with Crippen molar-refractivity contribution in [2.45, 2.75) is 25.5 Å². The van der Waals surface area contributed by atoms with Gasteiger partial charge in [0.15, 0.2) is 11.4 Å². The fourth-order valence-electron chi connectivity index (χ4n) is 2.89. The van der Waals surface area contributed by atoms with Crippen LogP contribution in [0, 0.1) is 0 Å². The summed E-state index contributed by atoms with van der Waals surface area (Å²) in [5.41, 5.74) is -1.73. The molecule has 3 heterocycles. The number of aromatic hydroxyl groups is 1. The summed E-state index contributed by atoms with van der Waals surface area (Å²) in [6.45, 7) is 1.79. The van der Waals surface area contributed by atoms with Crippen LogP contribution in [0.2, 0.25) is 0 Å². The van der Waals surface area contributed by atoms with E-state index in [1.54, 1.807) is 0 Å². The molecule has 2 aliphatic rings. The molecule has 1 amide bonds. The highest BCUT2D eigenvalue weighted by Crippen LogP contribution is 2.22. The quantitative estimate of drug-likeness (QED) is 0.806. The lowest BCUT2D eigenvalue weighted by Gasteiger charge is -2.31. The zero-order valence-corrected chi connectivity index (χ0v) is 11.8. The first-order valence-corrected chi connectivity index (χ1v) is 7.09. The predicted octanol–water partition coefficient (Wildman–Crippen LogP) is -0.113. The molecule has 1 aromatic heterocycles. The van der Waals surface area contributed by atoms with Crippen LogP contribution in [0.1, 0.15) is 33.7 Å². The number of carboxylic acids is 1. The van der Waals surface area contributed by atoms with Crippen molar-refractivity contribution in [1.29, 1.82) is 0 Å². The molecule has 0 aliphatic carbocycles. The average molecular weight is 308 g/mol. The molecule has 1 aromatic rings. The van der Waals surface area contributed by atoms with Crippen LogP contribution < -0.4 is 5.43 Å². The van der Waals surface area contributed by atoms with Gasteiger partial charge in [-0.3, -0.25) is 9.59 Å². The minimum atomic E-state index is -1.43. The van der Waals surface area contributed by atoms with Crippen molar-refractivity contribution in [1.82, 2.24) is 9.47 Å². The molecule has 22 heavy (non-hydrogen) atoms. The second-order valence-corrected chi connectivity index (χ2v) is 5.45. The predicted molar refractivity (Wildman–Crippen MR) is 74.2 cm³/mol. The van der Waals surface area contributed by atoms with Crippen LogP contribution >= 0.6 is 0 Å². The van der Waals surface area contributed by atoms with Crippen molar-refractivity contribution in [3.05, 3.63) is 27.7 Å². The monoisotopic (exact) mass is 308 g/mol. The van der Waals surface area contributed by atoms with Gasteiger partial charge in [-0.15, -0.1) is 0 Å². The number of hydrogen-bond acceptors (Lipinski definition) is 5. The second kappa shape index (κ2) is 5.45. The summed E-state index contributed by atoms with van der Waals surface area (Å²) < 4.78 is 6.82. The Morgan fingerprint density at radius 2 is 2.14 bits per heavy atom. The van der Waals surface area contributed by atoms with Gasteiger partial charge in [0.1, 0.15) is 5.56 Å². The minimum absolute atomic E-state index is 0.0253. The van der Waals surface area contributed by atoms with Crippen LogP contribution in [0.3, 0.4) is 0 Å². The van der Waals surface area contributed by atoms with E-state index in [4.69, 9.17) is 9.84 Å². The van der Waals surface area contributed by atoms with E-state index >= 15 is 0 Å². The third-order valence-corrected chi connectivity index (χ3v) is 4.04. The number of carboxylic acid groups (broad SMARTS) is 1. The zero-order valence-electron chi connectivity index (χ0n) is 11.8. The van der Waals surface area contributed by atoms with Gasteiger partial charge in [0.05, 0.1) is 6.10 Å². The highest BCUT2D eigenvalue weighted by molar-refractivity contribution is 5.97. The van der Waals surface area contributed by atoms with Gasteiger partial charge in [-0.25, -0.2) is 4.79 Å². The Bertz CT molecular complexity index is 689. The smallest absolute Gasteiger partial charge is 0.341 e. The molecule has 1 fully saturated rings. The lowest BCUT2D eigenvalue weighted by Crippen LogP contribution is -2.45. The molecule has 0 radical (unpaired) electrons. The SMILES string of the molecule is O=C(O)c1cn2c(c(O)c1=O)C(=O)N(CC1CCCO1)CC2. The number of hydrogen-bond donors (Lipinski definition) is 2. The molecule has 2 N–H and O–H groups in total. The van der Waals surface area contributed by atoms with E-state index in [1.165, 1.54) is 9.47 Å². The van der Waals surface area contributed by atoms with Gasteiger partial charge in [0.25, 0.3) is 5.91 Å². The molecular formula is C14H16N2O6. The summed E-state index contributed by atoms with van der Waals surface area (Å²) in [4.78, 5) is 36.8. The Kier molecular flexibility index (Phi) is 3.61. The molecule has 0 saturated carbocycles. The van der Waals surface area contributed by atoms with Crippen molar-refractivity contribution in [3.63, 3.8) is 0 Å². The van der Waals surface area contributed by atoms with Crippen LogP contribution in [0.4, 0.5) is 0 Å². The lowest BCUT2D eigenvalue weighted by atomic mass is 10.1. The van der Waals surface area contributed by atoms with Gasteiger partial charge in [-0.1, -0.05) is 0 Å². The largest absolute Gasteiger partial charge is 0.503 e. The molecule has 118 valence electrons. The molecule has 1 saturated heterocycles. The van der Waals surface area contributed by atoms with Crippen LogP contribution in [0.25, 0.3) is 0 Å². The van der Waals surface area contributed by atoms with E-state index in [2.05, 4.69) is 0 Å². The lowest BCUT2D eigenvalue weighted by molar-refractivity contribution is 0.0467. The summed E-state index contributed by atoms with van der Waals surface area (Å²) >= 11 is 0. The molecule has 8 heteroatoms. The number of ether oxygens (including phenoxy) is 1. The Balaban J connectivity index is 1.93. The number of fused-ring (bicyclic) bond motifs is 1. The summed E-state index contributed by atoms with van der Waals surface area (Å²) in [6, 6.07) is 0. The molecule has 0 spiro atoms. The number of nitrogens with zero attached hydrogens (tertiary/aromatic N) is 2. The minimum Gasteiger partial charge on any atom is -0.503 e. The van der Waals surface area contributed by atoms with Gasteiger partial charge >= 0.3 is 5.97 Å². The van der Waals surface area contributed by atoms with E-state index in [0.29, 0.717) is 26.2 Å². The summed E-state index contributed by atoms with van der Waals surface area (Å²) in [6.07, 6.45) is 2.92. The van der Waals surface area contributed by atoms with E-state index in [-0.39, 0.29) is 11.8 Å². The number of rotatable bonds is 3. The van der Waals surface area contributed by atoms with Gasteiger partial charge in [-0.05, 0) is 12.8 Å². The Hall–Kier alpha value is -2.35. The van der Waals surface area contributed by atoms with E-state index in [9.17, 15) is 19.5 Å². The first-order valence-electron chi connectivity index (χ1n) is 7.09. The molecule has 3 rings (SSSR count). The van der Waals surface area contributed by atoms with Crippen molar-refractivity contribution >= 4 is 11.9 Å². The normalized spacial score (nSPS) is 21.0. The Morgan fingerprint density at radius 1 is 1.36 bits per heavy atom. The fraction of sp³-hybridized carbons (Fsp3) is 0.500. The molecular weight excluding hydrogens is 292 g/mol. The average Bonchev–Trinajstić information content (AvgIpc) is 2.98. The number of carbonyl (C=O) groups is 2. The molecule has 1 unspecified atom stereocenters. The topological polar surface area (TPSA) is 109 Å². The number of amides is 1. The third-order valence-electron chi connectivity index (χ3n) is 4.04. The summed E-state index contributed by atoms with van der Waals surface area (Å²) in [5, 5.41) is 18.9. The van der Waals surface area contributed by atoms with Crippen molar-refractivity contribution < 1.29 is 24.5 Å². The Morgan fingerprint density at radius 3 is 2.77 bits per heavy atom. The van der Waals surface area contributed by atoms with E-state index in [1.807, 2.05) is 0 Å². The molecule has 2 aliphatic heterocycles. The number of pyridine rings is 1. The van der Waals surface area contributed by atoms with Crippen molar-refractivity contribution in [3.8, 4) is 5.75 Å². The Labute approximate surface area is 125 Å². The number of aromatic carboxylic acids is 1. The highest BCUT2D eigenvalue weighted by atomic mass is 16.5. The molecule has 8 nitrogen and oxygen atoms in total. The summed E-state index contributed by atoms with van der Waals surface area (Å²) in [5.74, 6) is -2.71. The fourth-order valence-corrected chi connectivity index (χ4v) is 2.89. The van der Waals surface area contributed by atoms with E-state index < -0.39 is 28.6 Å². The zero-order chi connectivity index (χ0) is 15.9. The molecule has 0 aromatic carbocycles. The van der Waals surface area contributed by atoms with Crippen LogP contribution in [-0.4, -0.2) is 57.4 Å². The third kappa shape index (κ3) is 2.35. The molecule has 0 bridgehead atoms. The maximum Gasteiger partial charge on any atom is 0.341 e. The maximum atomic E-state index is 12.5. The van der Waals surface area contributed by atoms with Crippen LogP contribution in [-0.2, 0) is 11.3 Å². The van der Waals surface area contributed by atoms with Gasteiger partial charge in [0.2, 0.25) is 5.43 Å². The standard InChI is InChI=1S/C14H16N2O6/c17-11-9(14(20)21)7-15-3-4-16(6-8-2-1-5-22-8)13(19)10(15)12(11)18/h7-8,18H,1-6H2,(H,20,21). The van der Waals surface area contributed by atoms with Crippen molar-refractivity contribution in [2.24, 2.45) is 0 Å². The van der Waals surface area contributed by atoms with Gasteiger partial charge in [-0.2, -0.15) is 0 Å². The van der Waals surface area contributed by atoms with E-state index in [0.717, 1.165) is 19.0 Å². The second-order valence-electron chi connectivity index (χ2n) is 5.45. The molecule has 1 atom stereocenters. The van der Waals surface area contributed by atoms with Crippen LogP contribution in [0.5, 0.6) is 5.75 Å². The summed E-state index contributed by atoms with van der Waals surface area (Å²) in [7, 11) is 0. The van der Waals surface area contributed by atoms with Crippen LogP contribution in [0.15, 0.2) is 11.0 Å².